The Kier molecular flexibility index (Phi) is 4.15. The van der Waals surface area contributed by atoms with Crippen LogP contribution in [0.4, 0.5) is 0 Å². The first kappa shape index (κ1) is 12.0. The van der Waals surface area contributed by atoms with Gasteiger partial charge in [0.25, 0.3) is 0 Å². The van der Waals surface area contributed by atoms with Crippen molar-refractivity contribution >= 4 is 21.9 Å². The highest BCUT2D eigenvalue weighted by atomic mass is 79.9. The Morgan fingerprint density at radius 1 is 1.53 bits per heavy atom. The van der Waals surface area contributed by atoms with Gasteiger partial charge in [-0.05, 0) is 18.6 Å². The minimum Gasteiger partial charge on any atom is -0.508 e. The van der Waals surface area contributed by atoms with E-state index in [2.05, 4.69) is 20.7 Å². The molecular weight excluding hydrogens is 260 g/mol. The van der Waals surface area contributed by atoms with Gasteiger partial charge in [0, 0.05) is 10.0 Å². The summed E-state index contributed by atoms with van der Waals surface area (Å²) in [5, 5.41) is 9.71. The summed E-state index contributed by atoms with van der Waals surface area (Å²) in [6.45, 7) is 2.03. The maximum Gasteiger partial charge on any atom is 0.338 e. The van der Waals surface area contributed by atoms with Gasteiger partial charge in [-0.1, -0.05) is 29.3 Å². The zero-order valence-electron chi connectivity index (χ0n) is 8.71. The van der Waals surface area contributed by atoms with E-state index in [1.165, 1.54) is 13.2 Å². The summed E-state index contributed by atoms with van der Waals surface area (Å²) < 4.78 is 5.32. The van der Waals surface area contributed by atoms with E-state index < -0.39 is 5.97 Å². The molecule has 0 saturated heterocycles. The second-order valence-electron chi connectivity index (χ2n) is 3.20. The lowest BCUT2D eigenvalue weighted by Gasteiger charge is -2.08. The molecule has 0 atom stereocenters. The fraction of sp³-hybridized carbons (Fsp3) is 0.364. The van der Waals surface area contributed by atoms with Crippen molar-refractivity contribution in [2.45, 2.75) is 19.8 Å². The van der Waals surface area contributed by atoms with E-state index in [1.807, 2.05) is 6.92 Å². The highest BCUT2D eigenvalue weighted by Gasteiger charge is 2.12. The molecule has 1 aromatic carbocycles. The Morgan fingerprint density at radius 3 is 2.67 bits per heavy atom. The Hall–Kier alpha value is -1.03. The summed E-state index contributed by atoms with van der Waals surface area (Å²) in [7, 11) is 1.31. The molecule has 0 spiro atoms. The minimum atomic E-state index is -0.450. The molecular formula is C11H13BrO3. The van der Waals surface area contributed by atoms with Gasteiger partial charge >= 0.3 is 5.97 Å². The van der Waals surface area contributed by atoms with Gasteiger partial charge in [-0.2, -0.15) is 0 Å². The predicted molar refractivity (Wildman–Crippen MR) is 61.1 cm³/mol. The second kappa shape index (κ2) is 5.16. The summed E-state index contributed by atoms with van der Waals surface area (Å²) in [5.41, 5.74) is 1.17. The predicted octanol–water partition coefficient (Wildman–Crippen LogP) is 2.89. The smallest absolute Gasteiger partial charge is 0.338 e. The number of benzene rings is 1. The summed E-state index contributed by atoms with van der Waals surface area (Å²) >= 11 is 3.33. The van der Waals surface area contributed by atoms with E-state index in [0.717, 1.165) is 22.9 Å². The maximum atomic E-state index is 11.2. The molecule has 1 N–H and O–H groups in total. The molecule has 0 radical (unpaired) electrons. The molecule has 0 aliphatic carbocycles. The number of ether oxygens (including phenoxy) is 1. The molecule has 0 aliphatic heterocycles. The average Bonchev–Trinajstić information content (AvgIpc) is 2.22. The number of carbonyl (C=O) groups excluding carboxylic acids is 1. The van der Waals surface area contributed by atoms with Crippen LogP contribution in [-0.4, -0.2) is 18.2 Å². The number of rotatable bonds is 3. The monoisotopic (exact) mass is 272 g/mol. The van der Waals surface area contributed by atoms with Crippen molar-refractivity contribution < 1.29 is 14.6 Å². The van der Waals surface area contributed by atoms with Crippen molar-refractivity contribution in [3.63, 3.8) is 0 Å². The van der Waals surface area contributed by atoms with Gasteiger partial charge < -0.3 is 9.84 Å². The van der Waals surface area contributed by atoms with Crippen molar-refractivity contribution in [2.24, 2.45) is 0 Å². The highest BCUT2D eigenvalue weighted by Crippen LogP contribution is 2.29. The SMILES string of the molecule is CCCc1c(O)cc(C(=O)OC)cc1Br. The molecule has 0 saturated carbocycles. The Labute approximate surface area is 97.2 Å². The van der Waals surface area contributed by atoms with Crippen LogP contribution >= 0.6 is 15.9 Å². The topological polar surface area (TPSA) is 46.5 Å². The number of esters is 1. The standard InChI is InChI=1S/C11H13BrO3/c1-3-4-8-9(12)5-7(6-10(8)13)11(14)15-2/h5-6,13H,3-4H2,1-2H3. The van der Waals surface area contributed by atoms with Crippen molar-refractivity contribution in [3.05, 3.63) is 27.7 Å². The number of methoxy groups -OCH3 is 1. The first-order valence-corrected chi connectivity index (χ1v) is 5.49. The lowest BCUT2D eigenvalue weighted by molar-refractivity contribution is 0.0600. The molecule has 0 bridgehead atoms. The lowest BCUT2D eigenvalue weighted by atomic mass is 10.1. The van der Waals surface area contributed by atoms with Crippen LogP contribution in [0.3, 0.4) is 0 Å². The summed E-state index contributed by atoms with van der Waals surface area (Å²) in [4.78, 5) is 11.2. The van der Waals surface area contributed by atoms with Gasteiger partial charge in [-0.3, -0.25) is 0 Å². The fourth-order valence-electron chi connectivity index (χ4n) is 1.36. The third kappa shape index (κ3) is 2.72. The van der Waals surface area contributed by atoms with E-state index in [-0.39, 0.29) is 5.75 Å². The summed E-state index contributed by atoms with van der Waals surface area (Å²) in [6, 6.07) is 3.10. The van der Waals surface area contributed by atoms with E-state index in [9.17, 15) is 9.90 Å². The lowest BCUT2D eigenvalue weighted by Crippen LogP contribution is -2.02. The molecule has 0 aliphatic rings. The molecule has 82 valence electrons. The first-order valence-electron chi connectivity index (χ1n) is 4.69. The summed E-state index contributed by atoms with van der Waals surface area (Å²) in [6.07, 6.45) is 1.71. The van der Waals surface area contributed by atoms with Gasteiger partial charge in [0.1, 0.15) is 5.75 Å². The number of hydrogen-bond donors (Lipinski definition) is 1. The number of aromatic hydroxyl groups is 1. The molecule has 0 amide bonds. The molecule has 0 unspecified atom stereocenters. The third-order valence-electron chi connectivity index (χ3n) is 2.09. The highest BCUT2D eigenvalue weighted by molar-refractivity contribution is 9.10. The minimum absolute atomic E-state index is 0.131. The van der Waals surface area contributed by atoms with E-state index in [0.29, 0.717) is 5.56 Å². The van der Waals surface area contributed by atoms with Gasteiger partial charge in [0.2, 0.25) is 0 Å². The van der Waals surface area contributed by atoms with Crippen LogP contribution in [0.25, 0.3) is 0 Å². The number of phenols is 1. The van der Waals surface area contributed by atoms with Crippen LogP contribution in [0.2, 0.25) is 0 Å². The Morgan fingerprint density at radius 2 is 2.20 bits per heavy atom. The number of hydrogen-bond acceptors (Lipinski definition) is 3. The first-order chi connectivity index (χ1) is 7.10. The quantitative estimate of drug-likeness (QED) is 0.861. The van der Waals surface area contributed by atoms with Crippen molar-refractivity contribution in [2.75, 3.05) is 7.11 Å². The molecule has 0 aromatic heterocycles. The molecule has 1 aromatic rings. The zero-order chi connectivity index (χ0) is 11.4. The van der Waals surface area contributed by atoms with Crippen molar-refractivity contribution in [1.82, 2.24) is 0 Å². The van der Waals surface area contributed by atoms with E-state index in [4.69, 9.17) is 0 Å². The van der Waals surface area contributed by atoms with E-state index in [1.54, 1.807) is 6.07 Å². The molecule has 0 fully saturated rings. The largest absolute Gasteiger partial charge is 0.508 e. The van der Waals surface area contributed by atoms with E-state index >= 15 is 0 Å². The van der Waals surface area contributed by atoms with Crippen LogP contribution in [0.1, 0.15) is 29.3 Å². The number of phenolic OH excluding ortho intramolecular Hbond substituents is 1. The fourth-order valence-corrected chi connectivity index (χ4v) is 2.00. The van der Waals surface area contributed by atoms with Crippen LogP contribution in [-0.2, 0) is 11.2 Å². The molecule has 15 heavy (non-hydrogen) atoms. The number of carbonyl (C=O) groups is 1. The zero-order valence-corrected chi connectivity index (χ0v) is 10.3. The van der Waals surface area contributed by atoms with Crippen LogP contribution in [0.5, 0.6) is 5.75 Å². The summed E-state index contributed by atoms with van der Waals surface area (Å²) in [5.74, 6) is -0.319. The van der Waals surface area contributed by atoms with Gasteiger partial charge in [0.15, 0.2) is 0 Å². The van der Waals surface area contributed by atoms with Crippen LogP contribution < -0.4 is 0 Å². The number of halogens is 1. The average molecular weight is 273 g/mol. The van der Waals surface area contributed by atoms with Gasteiger partial charge in [-0.15, -0.1) is 0 Å². The second-order valence-corrected chi connectivity index (χ2v) is 4.05. The van der Waals surface area contributed by atoms with Crippen molar-refractivity contribution in [3.8, 4) is 5.75 Å². The van der Waals surface area contributed by atoms with Gasteiger partial charge in [-0.25, -0.2) is 4.79 Å². The molecule has 1 rings (SSSR count). The molecule has 3 nitrogen and oxygen atoms in total. The molecule has 0 heterocycles. The third-order valence-corrected chi connectivity index (χ3v) is 2.80. The van der Waals surface area contributed by atoms with Crippen molar-refractivity contribution in [1.29, 1.82) is 0 Å². The maximum absolute atomic E-state index is 11.2. The Bertz CT molecular complexity index is 351. The van der Waals surface area contributed by atoms with Crippen LogP contribution in [0.15, 0.2) is 16.6 Å². The Balaban J connectivity index is 3.13. The van der Waals surface area contributed by atoms with Crippen LogP contribution in [0, 0.1) is 0 Å². The van der Waals surface area contributed by atoms with Gasteiger partial charge in [0.05, 0.1) is 12.7 Å². The molecule has 4 heteroatoms. The normalized spacial score (nSPS) is 10.1.